The largest absolute Gasteiger partial charge is 0.456 e. The third-order valence-corrected chi connectivity index (χ3v) is 11.1. The number of hydrogen-bond donors (Lipinski definition) is 1. The molecule has 30 heavy (non-hydrogen) atoms. The van der Waals surface area contributed by atoms with Crippen LogP contribution in [0.1, 0.15) is 20.1 Å². The SMILES string of the molecule is CC(=O)O[C@@H]1[C@H](OC(C)=O)[C@@H](COP2SCCS2)O[C@H]1n1cnc2c(N)ncnc21. The van der Waals surface area contributed by atoms with E-state index in [0.717, 1.165) is 11.5 Å². The van der Waals surface area contributed by atoms with Crippen LogP contribution in [0.5, 0.6) is 0 Å². The molecule has 2 N–H and O–H groups in total. The number of anilines is 1. The Hall–Kier alpha value is -1.66. The third-order valence-electron chi connectivity index (χ3n) is 4.37. The van der Waals surface area contributed by atoms with Gasteiger partial charge < -0.3 is 24.5 Å². The first-order valence-corrected chi connectivity index (χ1v) is 13.5. The van der Waals surface area contributed by atoms with Gasteiger partial charge in [0.1, 0.15) is 17.9 Å². The van der Waals surface area contributed by atoms with E-state index in [1.165, 1.54) is 26.5 Å². The first-order chi connectivity index (χ1) is 14.4. The highest BCUT2D eigenvalue weighted by atomic mass is 33.1. The Bertz CT molecular complexity index is 942. The number of imidazole rings is 1. The van der Waals surface area contributed by atoms with Crippen molar-refractivity contribution in [2.24, 2.45) is 0 Å². The number of carbonyl (C=O) groups excluding carboxylic acids is 2. The summed E-state index contributed by atoms with van der Waals surface area (Å²) < 4.78 is 24.8. The minimum Gasteiger partial charge on any atom is -0.456 e. The summed E-state index contributed by atoms with van der Waals surface area (Å²) in [4.78, 5) is 36.0. The molecule has 14 heteroatoms. The fourth-order valence-corrected chi connectivity index (χ4v) is 9.91. The van der Waals surface area contributed by atoms with Gasteiger partial charge in [-0.15, -0.1) is 0 Å². The second-order valence-electron chi connectivity index (χ2n) is 6.48. The van der Waals surface area contributed by atoms with Gasteiger partial charge in [-0.05, 0) is 0 Å². The number of carbonyl (C=O) groups is 2. The number of fused-ring (bicyclic) bond motifs is 1. The molecule has 0 bridgehead atoms. The van der Waals surface area contributed by atoms with Gasteiger partial charge in [-0.3, -0.25) is 14.2 Å². The van der Waals surface area contributed by atoms with Crippen molar-refractivity contribution in [2.75, 3.05) is 23.8 Å². The van der Waals surface area contributed by atoms with Gasteiger partial charge >= 0.3 is 11.9 Å². The van der Waals surface area contributed by atoms with E-state index in [1.54, 1.807) is 27.3 Å². The normalized spacial score (nSPS) is 26.9. The zero-order chi connectivity index (χ0) is 21.3. The average molecular weight is 473 g/mol. The van der Waals surface area contributed by atoms with Crippen LogP contribution in [0.25, 0.3) is 11.2 Å². The van der Waals surface area contributed by atoms with E-state index in [1.807, 2.05) is 0 Å². The van der Waals surface area contributed by atoms with Crippen molar-refractivity contribution in [2.45, 2.75) is 38.4 Å². The van der Waals surface area contributed by atoms with Crippen LogP contribution in [0, 0.1) is 0 Å². The molecule has 4 heterocycles. The number of esters is 2. The van der Waals surface area contributed by atoms with Gasteiger partial charge in [-0.25, -0.2) is 15.0 Å². The van der Waals surface area contributed by atoms with Crippen LogP contribution < -0.4 is 5.73 Å². The van der Waals surface area contributed by atoms with Crippen LogP contribution in [-0.2, 0) is 28.3 Å². The van der Waals surface area contributed by atoms with Crippen LogP contribution in [0.2, 0.25) is 0 Å². The second-order valence-corrected chi connectivity index (χ2v) is 12.8. The van der Waals surface area contributed by atoms with Crippen molar-refractivity contribution in [1.29, 1.82) is 0 Å². The van der Waals surface area contributed by atoms with Crippen molar-refractivity contribution >= 4 is 58.2 Å². The minimum atomic E-state index is -0.912. The molecule has 0 unspecified atom stereocenters. The molecule has 2 aliphatic heterocycles. The van der Waals surface area contributed by atoms with Gasteiger partial charge in [0.2, 0.25) is 0 Å². The lowest BCUT2D eigenvalue weighted by Gasteiger charge is -2.24. The van der Waals surface area contributed by atoms with Crippen LogP contribution >= 0.6 is 29.3 Å². The van der Waals surface area contributed by atoms with Gasteiger partial charge in [0.05, 0.1) is 12.9 Å². The van der Waals surface area contributed by atoms with E-state index in [4.69, 9.17) is 24.5 Å². The maximum atomic E-state index is 11.8. The van der Waals surface area contributed by atoms with Gasteiger partial charge in [0.25, 0.3) is 0 Å². The lowest BCUT2D eigenvalue weighted by atomic mass is 10.1. The second kappa shape index (κ2) is 9.23. The van der Waals surface area contributed by atoms with Crippen LogP contribution in [0.3, 0.4) is 0 Å². The predicted molar refractivity (Wildman–Crippen MR) is 113 cm³/mol. The molecule has 2 saturated heterocycles. The zero-order valence-corrected chi connectivity index (χ0v) is 18.7. The Morgan fingerprint density at radius 3 is 2.60 bits per heavy atom. The van der Waals surface area contributed by atoms with Crippen molar-refractivity contribution in [3.05, 3.63) is 12.7 Å². The summed E-state index contributed by atoms with van der Waals surface area (Å²) >= 11 is 3.53. The Kier molecular flexibility index (Phi) is 6.63. The smallest absolute Gasteiger partial charge is 0.303 e. The zero-order valence-electron chi connectivity index (χ0n) is 16.2. The van der Waals surface area contributed by atoms with Gasteiger partial charge in [-0.1, -0.05) is 22.8 Å². The summed E-state index contributed by atoms with van der Waals surface area (Å²) in [5, 5.41) is 0. The molecule has 2 aromatic heterocycles. The molecule has 4 rings (SSSR count). The lowest BCUT2D eigenvalue weighted by Crippen LogP contribution is -2.40. The van der Waals surface area contributed by atoms with Crippen LogP contribution in [-0.4, -0.2) is 67.9 Å². The van der Waals surface area contributed by atoms with Crippen molar-refractivity contribution in [3.63, 3.8) is 0 Å². The van der Waals surface area contributed by atoms with E-state index >= 15 is 0 Å². The average Bonchev–Trinajstić information content (AvgIpc) is 3.40. The first-order valence-electron chi connectivity index (χ1n) is 9.06. The monoisotopic (exact) mass is 473 g/mol. The van der Waals surface area contributed by atoms with Crippen LogP contribution in [0.15, 0.2) is 12.7 Å². The highest BCUT2D eigenvalue weighted by molar-refractivity contribution is 8.88. The fourth-order valence-electron chi connectivity index (χ4n) is 3.24. The summed E-state index contributed by atoms with van der Waals surface area (Å²) in [6.07, 6.45) is -0.428. The number of ether oxygens (including phenoxy) is 3. The molecule has 0 spiro atoms. The summed E-state index contributed by atoms with van der Waals surface area (Å²) in [5.41, 5.74) is 6.69. The number of aromatic nitrogens is 4. The maximum absolute atomic E-state index is 11.8. The molecule has 2 aromatic rings. The Balaban J connectivity index is 1.65. The highest BCUT2D eigenvalue weighted by Crippen LogP contribution is 2.66. The molecule has 162 valence electrons. The Morgan fingerprint density at radius 2 is 1.90 bits per heavy atom. The van der Waals surface area contributed by atoms with Gasteiger partial charge in [0.15, 0.2) is 36.5 Å². The molecule has 0 saturated carbocycles. The summed E-state index contributed by atoms with van der Waals surface area (Å²) in [6.45, 7) is 2.10. The number of hydrogen-bond acceptors (Lipinski definition) is 12. The molecule has 2 aliphatic rings. The first kappa shape index (κ1) is 21.6. The minimum absolute atomic E-state index is 0.196. The summed E-state index contributed by atoms with van der Waals surface area (Å²) in [7, 11) is 0. The predicted octanol–water partition coefficient (Wildman–Crippen LogP) is 1.89. The third kappa shape index (κ3) is 4.50. The van der Waals surface area contributed by atoms with Gasteiger partial charge in [0, 0.05) is 25.4 Å². The maximum Gasteiger partial charge on any atom is 0.303 e. The number of rotatable bonds is 6. The van der Waals surface area contributed by atoms with Crippen molar-refractivity contribution < 1.29 is 28.3 Å². The van der Waals surface area contributed by atoms with E-state index in [9.17, 15) is 9.59 Å². The number of nitrogen functional groups attached to an aromatic ring is 1. The fraction of sp³-hybridized carbons (Fsp3) is 0.562. The molecule has 4 atom stereocenters. The molecular formula is C16H20N5O6PS2. The standard InChI is InChI=1S/C16H20N5O6PS2/c1-8(22)25-12-10(5-24-28-29-3-4-30-28)27-16(13(12)26-9(2)23)21-7-20-11-14(17)18-6-19-15(11)21/h6-7,10,12-13,16H,3-5H2,1-2H3,(H2,17,18,19)/t10-,12-,13-,16-/m1/s1. The Morgan fingerprint density at radius 1 is 1.20 bits per heavy atom. The molecule has 2 fully saturated rings. The molecule has 0 radical (unpaired) electrons. The van der Waals surface area contributed by atoms with E-state index in [0.29, 0.717) is 11.2 Å². The molecule has 0 amide bonds. The topological polar surface area (TPSA) is 141 Å². The van der Waals surface area contributed by atoms with E-state index in [2.05, 4.69) is 15.0 Å². The number of nitrogens with two attached hydrogens (primary N) is 1. The van der Waals surface area contributed by atoms with E-state index in [-0.39, 0.29) is 12.4 Å². The lowest BCUT2D eigenvalue weighted by molar-refractivity contribution is -0.165. The Labute approximate surface area is 181 Å². The molecule has 11 nitrogen and oxygen atoms in total. The molecular weight excluding hydrogens is 453 g/mol. The van der Waals surface area contributed by atoms with E-state index < -0.39 is 43.0 Å². The summed E-state index contributed by atoms with van der Waals surface area (Å²) in [5.74, 6) is 1.25. The number of nitrogens with zero attached hydrogens (tertiary/aromatic N) is 4. The summed E-state index contributed by atoms with van der Waals surface area (Å²) in [6, 6.07) is 0. The van der Waals surface area contributed by atoms with Crippen LogP contribution in [0.4, 0.5) is 5.82 Å². The van der Waals surface area contributed by atoms with Gasteiger partial charge in [-0.2, -0.15) is 0 Å². The molecule has 0 aromatic carbocycles. The quantitative estimate of drug-likeness (QED) is 0.484. The highest BCUT2D eigenvalue weighted by Gasteiger charge is 2.51. The van der Waals surface area contributed by atoms with Crippen molar-refractivity contribution in [1.82, 2.24) is 19.5 Å². The molecule has 0 aliphatic carbocycles. The van der Waals surface area contributed by atoms with Crippen molar-refractivity contribution in [3.8, 4) is 0 Å².